The van der Waals surface area contributed by atoms with Crippen molar-refractivity contribution in [2.75, 3.05) is 29.9 Å². The zero-order chi connectivity index (χ0) is 20.1. The zero-order valence-corrected chi connectivity index (χ0v) is 16.6. The van der Waals surface area contributed by atoms with Gasteiger partial charge < -0.3 is 10.2 Å². The Balaban J connectivity index is 1.28. The summed E-state index contributed by atoms with van der Waals surface area (Å²) in [6.45, 7) is 4.75. The molecule has 0 radical (unpaired) electrons. The number of anilines is 2. The Bertz CT molecular complexity index is 924. The summed E-state index contributed by atoms with van der Waals surface area (Å²) >= 11 is 0. The van der Waals surface area contributed by atoms with Crippen LogP contribution < -0.4 is 10.2 Å². The van der Waals surface area contributed by atoms with Crippen LogP contribution in [0.3, 0.4) is 0 Å². The maximum Gasteiger partial charge on any atom is 0.126 e. The molecule has 154 valence electrons. The van der Waals surface area contributed by atoms with Crippen LogP contribution in [0.4, 0.5) is 24.5 Å². The van der Waals surface area contributed by atoms with Crippen molar-refractivity contribution in [1.82, 2.24) is 4.90 Å². The van der Waals surface area contributed by atoms with Crippen molar-refractivity contribution >= 4 is 11.4 Å². The van der Waals surface area contributed by atoms with Gasteiger partial charge in [0.1, 0.15) is 23.6 Å². The molecule has 3 aliphatic rings. The predicted octanol–water partition coefficient (Wildman–Crippen LogP) is 4.88. The number of rotatable bonds is 3. The topological polar surface area (TPSA) is 18.5 Å². The molecule has 2 aromatic rings. The predicted molar refractivity (Wildman–Crippen MR) is 109 cm³/mol. The molecule has 1 fully saturated rings. The van der Waals surface area contributed by atoms with Crippen molar-refractivity contribution in [3.8, 4) is 0 Å². The first-order valence-corrected chi connectivity index (χ1v) is 10.5. The highest BCUT2D eigenvalue weighted by Crippen LogP contribution is 2.44. The number of hydrogen-bond donors (Lipinski definition) is 1. The second-order valence-electron chi connectivity index (χ2n) is 8.66. The van der Waals surface area contributed by atoms with Crippen LogP contribution in [0.1, 0.15) is 43.2 Å². The monoisotopic (exact) mass is 401 g/mol. The molecule has 0 saturated carbocycles. The normalized spacial score (nSPS) is 24.5. The third kappa shape index (κ3) is 3.37. The van der Waals surface area contributed by atoms with E-state index in [-0.39, 0.29) is 29.5 Å². The van der Waals surface area contributed by atoms with Gasteiger partial charge in [-0.2, -0.15) is 0 Å². The average Bonchev–Trinajstić information content (AvgIpc) is 3.06. The molecule has 2 atom stereocenters. The number of aryl methyl sites for hydroxylation is 1. The van der Waals surface area contributed by atoms with Crippen LogP contribution >= 0.6 is 0 Å². The van der Waals surface area contributed by atoms with Crippen LogP contribution in [0.5, 0.6) is 0 Å². The van der Waals surface area contributed by atoms with Crippen molar-refractivity contribution in [3.63, 3.8) is 0 Å². The summed E-state index contributed by atoms with van der Waals surface area (Å²) in [6, 6.07) is 7.42. The van der Waals surface area contributed by atoms with Gasteiger partial charge in [0.2, 0.25) is 0 Å². The van der Waals surface area contributed by atoms with Gasteiger partial charge in [0.05, 0.1) is 11.4 Å². The molecule has 1 saturated heterocycles. The van der Waals surface area contributed by atoms with Gasteiger partial charge in [-0.15, -0.1) is 0 Å². The number of nitrogens with one attached hydrogen (secondary N) is 1. The van der Waals surface area contributed by atoms with E-state index in [0.29, 0.717) is 11.6 Å². The van der Waals surface area contributed by atoms with E-state index in [4.69, 9.17) is 0 Å². The Labute approximate surface area is 169 Å². The van der Waals surface area contributed by atoms with E-state index in [9.17, 15) is 13.2 Å². The van der Waals surface area contributed by atoms with E-state index in [1.165, 1.54) is 18.2 Å². The van der Waals surface area contributed by atoms with Gasteiger partial charge in [0, 0.05) is 12.6 Å². The van der Waals surface area contributed by atoms with Crippen molar-refractivity contribution < 1.29 is 13.2 Å². The Kier molecular flexibility index (Phi) is 4.69. The molecular weight excluding hydrogens is 375 g/mol. The summed E-state index contributed by atoms with van der Waals surface area (Å²) in [7, 11) is 0. The summed E-state index contributed by atoms with van der Waals surface area (Å²) in [5.41, 5.74) is 3.65. The summed E-state index contributed by atoms with van der Waals surface area (Å²) in [5.74, 6) is -0.807. The van der Waals surface area contributed by atoms with Crippen molar-refractivity contribution in [1.29, 1.82) is 0 Å². The van der Waals surface area contributed by atoms with Gasteiger partial charge in [0.15, 0.2) is 0 Å². The third-order valence-electron chi connectivity index (χ3n) is 6.79. The van der Waals surface area contributed by atoms with E-state index < -0.39 is 0 Å². The Morgan fingerprint density at radius 2 is 1.79 bits per heavy atom. The molecule has 0 bridgehead atoms. The third-order valence-corrected chi connectivity index (χ3v) is 6.79. The lowest BCUT2D eigenvalue weighted by Crippen LogP contribution is -2.51. The Morgan fingerprint density at radius 1 is 1.00 bits per heavy atom. The molecule has 0 aliphatic carbocycles. The molecule has 3 heterocycles. The molecule has 2 aromatic carbocycles. The maximum absolute atomic E-state index is 14.1. The second kappa shape index (κ2) is 7.24. The zero-order valence-electron chi connectivity index (χ0n) is 16.6. The van der Waals surface area contributed by atoms with Crippen LogP contribution in [-0.2, 0) is 6.42 Å². The van der Waals surface area contributed by atoms with Crippen molar-refractivity contribution in [2.45, 2.75) is 50.7 Å². The number of likely N-dealkylation sites (tertiary alicyclic amines) is 1. The minimum Gasteiger partial charge on any atom is -0.362 e. The van der Waals surface area contributed by atoms with Gasteiger partial charge in [0.25, 0.3) is 0 Å². The lowest BCUT2D eigenvalue weighted by molar-refractivity contribution is 0.200. The summed E-state index contributed by atoms with van der Waals surface area (Å²) in [6.07, 6.45) is 3.68. The minimum absolute atomic E-state index is 0.0605. The molecule has 3 nitrogen and oxygen atoms in total. The van der Waals surface area contributed by atoms with Gasteiger partial charge in [-0.1, -0.05) is 0 Å². The highest BCUT2D eigenvalue weighted by atomic mass is 19.1. The summed E-state index contributed by atoms with van der Waals surface area (Å²) < 4.78 is 41.6. The lowest BCUT2D eigenvalue weighted by atomic mass is 9.89. The van der Waals surface area contributed by atoms with Crippen LogP contribution in [0.15, 0.2) is 30.3 Å². The van der Waals surface area contributed by atoms with Crippen LogP contribution in [0, 0.1) is 17.5 Å². The first kappa shape index (κ1) is 18.8. The first-order chi connectivity index (χ1) is 14.0. The smallest absolute Gasteiger partial charge is 0.126 e. The fourth-order valence-electron chi connectivity index (χ4n) is 5.33. The molecule has 6 heteroatoms. The number of piperidine rings is 1. The Hall–Kier alpha value is -2.21. The van der Waals surface area contributed by atoms with Crippen LogP contribution in [-0.4, -0.2) is 36.7 Å². The highest BCUT2D eigenvalue weighted by Gasteiger charge is 2.38. The second-order valence-corrected chi connectivity index (χ2v) is 8.66. The van der Waals surface area contributed by atoms with Crippen LogP contribution in [0.25, 0.3) is 0 Å². The van der Waals surface area contributed by atoms with E-state index >= 15 is 0 Å². The summed E-state index contributed by atoms with van der Waals surface area (Å²) in [5, 5.41) is 3.53. The first-order valence-electron chi connectivity index (χ1n) is 10.5. The van der Waals surface area contributed by atoms with Crippen LogP contribution in [0.2, 0.25) is 0 Å². The van der Waals surface area contributed by atoms with Gasteiger partial charge in [-0.3, -0.25) is 4.90 Å². The number of benzene rings is 2. The molecule has 1 N–H and O–H groups in total. The molecule has 0 spiro atoms. The lowest BCUT2D eigenvalue weighted by Gasteiger charge is -2.40. The van der Waals surface area contributed by atoms with Gasteiger partial charge >= 0.3 is 0 Å². The van der Waals surface area contributed by atoms with E-state index in [0.717, 1.165) is 62.3 Å². The standard InChI is InChI=1S/C23H26F3N3/c1-14-2-3-16-10-18(25)12-21-23(16)29(14)22(27-21)13-28-8-6-15(7-9-28)19-11-17(24)4-5-20(19)26/h4-5,10-12,14-15,22,27H,2-3,6-9,13H2,1H3. The van der Waals surface area contributed by atoms with E-state index in [1.807, 2.05) is 0 Å². The van der Waals surface area contributed by atoms with E-state index in [2.05, 4.69) is 22.0 Å². The Morgan fingerprint density at radius 3 is 2.59 bits per heavy atom. The molecular formula is C23H26F3N3. The summed E-state index contributed by atoms with van der Waals surface area (Å²) in [4.78, 5) is 4.79. The highest BCUT2D eigenvalue weighted by molar-refractivity contribution is 5.80. The molecule has 0 amide bonds. The van der Waals surface area contributed by atoms with Crippen molar-refractivity contribution in [3.05, 3.63) is 58.9 Å². The fraction of sp³-hybridized carbons (Fsp3) is 0.478. The molecule has 5 rings (SSSR count). The van der Waals surface area contributed by atoms with Gasteiger partial charge in [-0.05, 0) is 93.1 Å². The molecule has 2 unspecified atom stereocenters. The average molecular weight is 401 g/mol. The minimum atomic E-state index is -0.376. The number of nitrogens with zero attached hydrogens (tertiary/aromatic N) is 2. The largest absolute Gasteiger partial charge is 0.362 e. The number of halogens is 3. The van der Waals surface area contributed by atoms with Crippen molar-refractivity contribution in [2.24, 2.45) is 0 Å². The molecule has 0 aromatic heterocycles. The fourth-order valence-corrected chi connectivity index (χ4v) is 5.33. The van der Waals surface area contributed by atoms with E-state index in [1.54, 1.807) is 12.1 Å². The molecule has 29 heavy (non-hydrogen) atoms. The quantitative estimate of drug-likeness (QED) is 0.791. The number of hydrogen-bond acceptors (Lipinski definition) is 3. The maximum atomic E-state index is 14.1. The SMILES string of the molecule is CC1CCc2cc(F)cc3c2N1C(CN1CCC(c2cc(F)ccc2F)CC1)N3. The van der Waals surface area contributed by atoms with Gasteiger partial charge in [-0.25, -0.2) is 13.2 Å². The molecule has 3 aliphatic heterocycles.